The Labute approximate surface area is 146 Å². The maximum Gasteiger partial charge on any atom is 0.159 e. The molecule has 7 heteroatoms. The fraction of sp³-hybridized carbons (Fsp3) is 0.500. The van der Waals surface area contributed by atoms with Gasteiger partial charge in [0.15, 0.2) is 11.6 Å². The van der Waals surface area contributed by atoms with E-state index in [0.717, 1.165) is 31.7 Å². The molecule has 0 spiro atoms. The zero-order valence-corrected chi connectivity index (χ0v) is 14.4. The van der Waals surface area contributed by atoms with E-state index in [1.165, 1.54) is 17.7 Å². The van der Waals surface area contributed by atoms with Crippen LogP contribution in [0.15, 0.2) is 30.6 Å². The average molecular weight is 350 g/mol. The molecule has 136 valence electrons. The monoisotopic (exact) mass is 350 g/mol. The second kappa shape index (κ2) is 8.03. The molecule has 1 fully saturated rings. The van der Waals surface area contributed by atoms with E-state index in [1.54, 1.807) is 10.7 Å². The summed E-state index contributed by atoms with van der Waals surface area (Å²) in [7, 11) is 1.90. The van der Waals surface area contributed by atoms with Crippen LogP contribution in [-0.4, -0.2) is 57.0 Å². The Bertz CT molecular complexity index is 706. The first-order chi connectivity index (χ1) is 12.0. The summed E-state index contributed by atoms with van der Waals surface area (Å²) in [5.41, 5.74) is 1.92. The lowest BCUT2D eigenvalue weighted by atomic mass is 10.1. The Hall–Kier alpha value is -1.83. The third kappa shape index (κ3) is 4.62. The summed E-state index contributed by atoms with van der Waals surface area (Å²) < 4.78 is 28.3. The van der Waals surface area contributed by atoms with Crippen LogP contribution in [0.25, 0.3) is 0 Å². The van der Waals surface area contributed by atoms with Crippen molar-refractivity contribution in [1.82, 2.24) is 19.6 Å². The Balaban J connectivity index is 1.63. The predicted octanol–water partition coefficient (Wildman–Crippen LogP) is 1.77. The van der Waals surface area contributed by atoms with Gasteiger partial charge in [-0.05, 0) is 24.1 Å². The van der Waals surface area contributed by atoms with E-state index in [-0.39, 0.29) is 12.6 Å². The molecule has 1 N–H and O–H groups in total. The van der Waals surface area contributed by atoms with Crippen LogP contribution < -0.4 is 0 Å². The molecular formula is C18H24F2N4O. The predicted molar refractivity (Wildman–Crippen MR) is 90.7 cm³/mol. The van der Waals surface area contributed by atoms with Gasteiger partial charge in [-0.1, -0.05) is 6.07 Å². The van der Waals surface area contributed by atoms with Gasteiger partial charge in [-0.15, -0.1) is 0 Å². The van der Waals surface area contributed by atoms with E-state index in [9.17, 15) is 13.9 Å². The number of aliphatic hydroxyl groups excluding tert-OH is 1. The van der Waals surface area contributed by atoms with Crippen molar-refractivity contribution in [3.63, 3.8) is 0 Å². The molecule has 0 amide bonds. The number of aliphatic hydroxyl groups is 1. The molecule has 0 radical (unpaired) electrons. The molecule has 3 rings (SSSR count). The van der Waals surface area contributed by atoms with Crippen molar-refractivity contribution >= 4 is 0 Å². The smallest absolute Gasteiger partial charge is 0.159 e. The molecule has 0 aliphatic carbocycles. The van der Waals surface area contributed by atoms with E-state index in [4.69, 9.17) is 0 Å². The minimum atomic E-state index is -0.822. The molecule has 1 aliphatic rings. The van der Waals surface area contributed by atoms with E-state index >= 15 is 0 Å². The van der Waals surface area contributed by atoms with Gasteiger partial charge in [0.05, 0.1) is 6.20 Å². The third-order valence-corrected chi connectivity index (χ3v) is 4.69. The van der Waals surface area contributed by atoms with Crippen molar-refractivity contribution in [3.05, 3.63) is 53.4 Å². The molecule has 0 unspecified atom stereocenters. The maximum absolute atomic E-state index is 13.4. The summed E-state index contributed by atoms with van der Waals surface area (Å²) in [4.78, 5) is 4.59. The number of hydrogen-bond acceptors (Lipinski definition) is 4. The number of rotatable bonds is 6. The maximum atomic E-state index is 13.4. The van der Waals surface area contributed by atoms with Crippen LogP contribution in [0, 0.1) is 11.6 Å². The van der Waals surface area contributed by atoms with Crippen LogP contribution in [0.1, 0.15) is 17.5 Å². The number of piperazine rings is 1. The number of aromatic nitrogens is 2. The van der Waals surface area contributed by atoms with Gasteiger partial charge in [0.2, 0.25) is 0 Å². The van der Waals surface area contributed by atoms with Crippen LogP contribution in [0.5, 0.6) is 0 Å². The fourth-order valence-electron chi connectivity index (χ4n) is 3.42. The normalized spacial score (nSPS) is 19.4. The van der Waals surface area contributed by atoms with Gasteiger partial charge in [0, 0.05) is 64.2 Å². The molecule has 1 atom stereocenters. The zero-order valence-electron chi connectivity index (χ0n) is 14.4. The minimum absolute atomic E-state index is 0.111. The summed E-state index contributed by atoms with van der Waals surface area (Å²) in [6, 6.07) is 4.23. The molecule has 2 aromatic rings. The van der Waals surface area contributed by atoms with E-state index in [1.807, 2.05) is 19.4 Å². The van der Waals surface area contributed by atoms with E-state index in [0.29, 0.717) is 13.0 Å². The van der Waals surface area contributed by atoms with Gasteiger partial charge in [0.1, 0.15) is 0 Å². The van der Waals surface area contributed by atoms with Crippen molar-refractivity contribution in [1.29, 1.82) is 0 Å². The molecule has 1 aromatic heterocycles. The van der Waals surface area contributed by atoms with Crippen molar-refractivity contribution in [2.75, 3.05) is 26.2 Å². The number of halogens is 2. The lowest BCUT2D eigenvalue weighted by molar-refractivity contribution is 0.0499. The highest BCUT2D eigenvalue weighted by atomic mass is 19.2. The minimum Gasteiger partial charge on any atom is -0.396 e. The highest BCUT2D eigenvalue weighted by Crippen LogP contribution is 2.19. The van der Waals surface area contributed by atoms with E-state index in [2.05, 4.69) is 14.9 Å². The van der Waals surface area contributed by atoms with Crippen molar-refractivity contribution in [2.24, 2.45) is 7.05 Å². The highest BCUT2D eigenvalue weighted by Gasteiger charge is 2.27. The molecule has 5 nitrogen and oxygen atoms in total. The summed E-state index contributed by atoms with van der Waals surface area (Å²) in [6.45, 7) is 4.04. The molecule has 1 saturated heterocycles. The molecule has 1 aliphatic heterocycles. The Kier molecular flexibility index (Phi) is 5.78. The Morgan fingerprint density at radius 1 is 1.16 bits per heavy atom. The Morgan fingerprint density at radius 3 is 2.68 bits per heavy atom. The van der Waals surface area contributed by atoms with Crippen molar-refractivity contribution in [3.8, 4) is 0 Å². The van der Waals surface area contributed by atoms with Crippen LogP contribution in [0.2, 0.25) is 0 Å². The molecule has 1 aromatic carbocycles. The number of benzene rings is 1. The van der Waals surface area contributed by atoms with Gasteiger partial charge >= 0.3 is 0 Å². The zero-order chi connectivity index (χ0) is 17.8. The molecule has 0 saturated carbocycles. The summed E-state index contributed by atoms with van der Waals surface area (Å²) in [5, 5.41) is 13.6. The largest absolute Gasteiger partial charge is 0.396 e. The number of nitrogens with zero attached hydrogens (tertiary/aromatic N) is 4. The second-order valence-corrected chi connectivity index (χ2v) is 6.64. The quantitative estimate of drug-likeness (QED) is 0.862. The van der Waals surface area contributed by atoms with Gasteiger partial charge in [-0.25, -0.2) is 8.78 Å². The lowest BCUT2D eigenvalue weighted by Gasteiger charge is -2.41. The molecule has 2 heterocycles. The fourth-order valence-corrected chi connectivity index (χ4v) is 3.42. The topological polar surface area (TPSA) is 44.5 Å². The molecular weight excluding hydrogens is 326 g/mol. The summed E-state index contributed by atoms with van der Waals surface area (Å²) in [5.74, 6) is -1.64. The summed E-state index contributed by atoms with van der Waals surface area (Å²) in [6.07, 6.45) is 4.54. The first-order valence-corrected chi connectivity index (χ1v) is 8.54. The number of hydrogen-bond donors (Lipinski definition) is 1. The van der Waals surface area contributed by atoms with Crippen LogP contribution in [0.3, 0.4) is 0 Å². The van der Waals surface area contributed by atoms with E-state index < -0.39 is 11.6 Å². The van der Waals surface area contributed by atoms with Crippen molar-refractivity contribution < 1.29 is 13.9 Å². The van der Waals surface area contributed by atoms with Crippen molar-refractivity contribution in [2.45, 2.75) is 25.6 Å². The first-order valence-electron chi connectivity index (χ1n) is 8.54. The summed E-state index contributed by atoms with van der Waals surface area (Å²) >= 11 is 0. The third-order valence-electron chi connectivity index (χ3n) is 4.69. The van der Waals surface area contributed by atoms with Crippen LogP contribution in [-0.2, 0) is 20.1 Å². The van der Waals surface area contributed by atoms with Crippen LogP contribution >= 0.6 is 0 Å². The first kappa shape index (κ1) is 18.0. The molecule has 0 bridgehead atoms. The van der Waals surface area contributed by atoms with Gasteiger partial charge in [0.25, 0.3) is 0 Å². The SMILES string of the molecule is Cn1cc(CN2CCN(Cc3ccc(F)c(F)c3)[C@H](CCO)C2)cn1. The van der Waals surface area contributed by atoms with Crippen LogP contribution in [0.4, 0.5) is 8.78 Å². The van der Waals surface area contributed by atoms with Gasteiger partial charge < -0.3 is 5.11 Å². The van der Waals surface area contributed by atoms with Gasteiger partial charge in [-0.3, -0.25) is 14.5 Å². The molecule has 25 heavy (non-hydrogen) atoms. The van der Waals surface area contributed by atoms with Gasteiger partial charge in [-0.2, -0.15) is 5.10 Å². The highest BCUT2D eigenvalue weighted by molar-refractivity contribution is 5.18. The second-order valence-electron chi connectivity index (χ2n) is 6.64. The Morgan fingerprint density at radius 2 is 2.00 bits per heavy atom. The average Bonchev–Trinajstić information content (AvgIpc) is 2.98. The standard InChI is InChI=1S/C18H24F2N4O/c1-22-10-15(9-21-22)11-23-5-6-24(16(13-23)4-7-25)12-14-2-3-17(19)18(20)8-14/h2-3,8-10,16,25H,4-7,11-13H2,1H3/t16-/m1/s1. The lowest BCUT2D eigenvalue weighted by Crippen LogP contribution is -2.52. The number of aryl methyl sites for hydroxylation is 1.